The van der Waals surface area contributed by atoms with Crippen LogP contribution >= 0.6 is 23.1 Å². The standard InChI is InChI=1S/C22H17F2N5OS2/c23-15-5-6-16(24)17(9-15)27-18(30)11-31-21-19-20(25-12-26-21)28-22(32-19)29-8-7-13-3-1-2-4-14(13)10-29/h1-6,9,12H,7-8,10-11H2,(H,27,30). The quantitative estimate of drug-likeness (QED) is 0.339. The highest BCUT2D eigenvalue weighted by atomic mass is 32.2. The lowest BCUT2D eigenvalue weighted by atomic mass is 10.0. The number of halogens is 2. The minimum absolute atomic E-state index is 0.00755. The SMILES string of the molecule is O=C(CSc1ncnc2nc(N3CCc4ccccc4C3)sc12)Nc1cc(F)ccc1F. The van der Waals surface area contributed by atoms with Crippen LogP contribution in [0.2, 0.25) is 0 Å². The molecule has 0 saturated carbocycles. The molecule has 2 aromatic heterocycles. The molecule has 10 heteroatoms. The van der Waals surface area contributed by atoms with E-state index in [2.05, 4.69) is 43.4 Å². The summed E-state index contributed by atoms with van der Waals surface area (Å²) in [5.74, 6) is -1.77. The van der Waals surface area contributed by atoms with Crippen molar-refractivity contribution in [3.8, 4) is 0 Å². The van der Waals surface area contributed by atoms with E-state index in [1.807, 2.05) is 6.07 Å². The van der Waals surface area contributed by atoms with Crippen molar-refractivity contribution in [1.82, 2.24) is 15.0 Å². The maximum absolute atomic E-state index is 13.8. The number of rotatable bonds is 5. The number of thioether (sulfide) groups is 1. The fraction of sp³-hybridized carbons (Fsp3) is 0.182. The van der Waals surface area contributed by atoms with Gasteiger partial charge in [0, 0.05) is 19.2 Å². The molecule has 0 saturated heterocycles. The summed E-state index contributed by atoms with van der Waals surface area (Å²) in [7, 11) is 0. The molecule has 0 spiro atoms. The highest BCUT2D eigenvalue weighted by Crippen LogP contribution is 2.35. The van der Waals surface area contributed by atoms with E-state index < -0.39 is 17.5 Å². The van der Waals surface area contributed by atoms with Gasteiger partial charge in [0.05, 0.1) is 11.4 Å². The molecule has 1 aliphatic rings. The zero-order valence-electron chi connectivity index (χ0n) is 16.7. The van der Waals surface area contributed by atoms with E-state index in [9.17, 15) is 13.6 Å². The van der Waals surface area contributed by atoms with E-state index in [1.54, 1.807) is 0 Å². The molecule has 5 rings (SSSR count). The van der Waals surface area contributed by atoms with Gasteiger partial charge in [-0.25, -0.2) is 18.7 Å². The highest BCUT2D eigenvalue weighted by molar-refractivity contribution is 8.00. The molecule has 162 valence electrons. The first-order valence-corrected chi connectivity index (χ1v) is 11.7. The Hall–Kier alpha value is -3.11. The van der Waals surface area contributed by atoms with Gasteiger partial charge in [-0.15, -0.1) is 0 Å². The van der Waals surface area contributed by atoms with Crippen molar-refractivity contribution in [2.45, 2.75) is 18.0 Å². The lowest BCUT2D eigenvalue weighted by molar-refractivity contribution is -0.113. The highest BCUT2D eigenvalue weighted by Gasteiger charge is 2.21. The van der Waals surface area contributed by atoms with Crippen LogP contribution in [0.1, 0.15) is 11.1 Å². The third-order valence-electron chi connectivity index (χ3n) is 5.09. The van der Waals surface area contributed by atoms with Crippen LogP contribution in [0.15, 0.2) is 53.8 Å². The molecule has 1 N–H and O–H groups in total. The molecule has 4 aromatic rings. The second-order valence-electron chi connectivity index (χ2n) is 7.23. The molecule has 1 aliphatic heterocycles. The number of nitrogens with one attached hydrogen (secondary N) is 1. The van der Waals surface area contributed by atoms with E-state index >= 15 is 0 Å². The second-order valence-corrected chi connectivity index (χ2v) is 9.17. The minimum atomic E-state index is -0.690. The average molecular weight is 470 g/mol. The summed E-state index contributed by atoms with van der Waals surface area (Å²) < 4.78 is 27.9. The topological polar surface area (TPSA) is 71.0 Å². The van der Waals surface area contributed by atoms with E-state index in [0.717, 1.165) is 47.5 Å². The molecule has 0 radical (unpaired) electrons. The van der Waals surface area contributed by atoms with Crippen LogP contribution in [-0.2, 0) is 17.8 Å². The summed E-state index contributed by atoms with van der Waals surface area (Å²) in [5.41, 5.74) is 3.05. The molecule has 0 aliphatic carbocycles. The van der Waals surface area contributed by atoms with Crippen molar-refractivity contribution >= 4 is 50.2 Å². The number of anilines is 2. The van der Waals surface area contributed by atoms with Crippen LogP contribution in [0.25, 0.3) is 10.3 Å². The van der Waals surface area contributed by atoms with Gasteiger partial charge in [0.2, 0.25) is 5.91 Å². The Balaban J connectivity index is 1.31. The molecule has 32 heavy (non-hydrogen) atoms. The normalized spacial score (nSPS) is 13.2. The van der Waals surface area contributed by atoms with Crippen molar-refractivity contribution in [2.24, 2.45) is 0 Å². The van der Waals surface area contributed by atoms with Gasteiger partial charge in [-0.05, 0) is 29.7 Å². The maximum atomic E-state index is 13.8. The van der Waals surface area contributed by atoms with Crippen molar-refractivity contribution in [3.05, 3.63) is 71.6 Å². The summed E-state index contributed by atoms with van der Waals surface area (Å²) in [6.07, 6.45) is 2.38. The first kappa shape index (κ1) is 20.8. The van der Waals surface area contributed by atoms with Gasteiger partial charge in [0.1, 0.15) is 27.7 Å². The molecule has 0 bridgehead atoms. The number of hydrogen-bond acceptors (Lipinski definition) is 7. The third kappa shape index (κ3) is 4.28. The number of nitrogens with zero attached hydrogens (tertiary/aromatic N) is 4. The zero-order valence-corrected chi connectivity index (χ0v) is 18.3. The van der Waals surface area contributed by atoms with E-state index in [0.29, 0.717) is 10.7 Å². The van der Waals surface area contributed by atoms with Gasteiger partial charge in [-0.2, -0.15) is 4.98 Å². The van der Waals surface area contributed by atoms with Crippen LogP contribution in [0, 0.1) is 11.6 Å². The fourth-order valence-electron chi connectivity index (χ4n) is 3.53. The Kier molecular flexibility index (Phi) is 5.71. The van der Waals surface area contributed by atoms with Crippen LogP contribution in [-0.4, -0.2) is 33.2 Å². The average Bonchev–Trinajstić information content (AvgIpc) is 3.25. The summed E-state index contributed by atoms with van der Waals surface area (Å²) >= 11 is 2.70. The number of thiazole rings is 1. The Morgan fingerprint density at radius 3 is 2.88 bits per heavy atom. The molecule has 2 aromatic carbocycles. The fourth-order valence-corrected chi connectivity index (χ4v) is 5.45. The second kappa shape index (κ2) is 8.79. The summed E-state index contributed by atoms with van der Waals surface area (Å²) in [5, 5.41) is 3.89. The zero-order chi connectivity index (χ0) is 22.1. The Morgan fingerprint density at radius 1 is 1.16 bits per heavy atom. The van der Waals surface area contributed by atoms with Crippen molar-refractivity contribution in [1.29, 1.82) is 0 Å². The van der Waals surface area contributed by atoms with E-state index in [1.165, 1.54) is 40.6 Å². The number of carbonyl (C=O) groups is 1. The van der Waals surface area contributed by atoms with Gasteiger partial charge >= 0.3 is 0 Å². The van der Waals surface area contributed by atoms with Crippen LogP contribution < -0.4 is 10.2 Å². The predicted molar refractivity (Wildman–Crippen MR) is 122 cm³/mol. The van der Waals surface area contributed by atoms with Crippen molar-refractivity contribution in [3.63, 3.8) is 0 Å². The number of hydrogen-bond donors (Lipinski definition) is 1. The summed E-state index contributed by atoms with van der Waals surface area (Å²) in [4.78, 5) is 27.7. The minimum Gasteiger partial charge on any atom is -0.343 e. The van der Waals surface area contributed by atoms with Crippen LogP contribution in [0.3, 0.4) is 0 Å². The first-order valence-electron chi connectivity index (χ1n) is 9.88. The Labute approximate surface area is 190 Å². The third-order valence-corrected chi connectivity index (χ3v) is 7.32. The van der Waals surface area contributed by atoms with Gasteiger partial charge < -0.3 is 10.2 Å². The maximum Gasteiger partial charge on any atom is 0.234 e. The van der Waals surface area contributed by atoms with Crippen molar-refractivity contribution < 1.29 is 13.6 Å². The summed E-state index contributed by atoms with van der Waals surface area (Å²) in [6.45, 7) is 1.65. The van der Waals surface area contributed by atoms with E-state index in [-0.39, 0.29) is 11.4 Å². The molecular formula is C22H17F2N5OS2. The van der Waals surface area contributed by atoms with Crippen LogP contribution in [0.5, 0.6) is 0 Å². The first-order chi connectivity index (χ1) is 15.6. The van der Waals surface area contributed by atoms with Gasteiger partial charge in [0.15, 0.2) is 10.8 Å². The summed E-state index contributed by atoms with van der Waals surface area (Å²) in [6, 6.07) is 11.3. The van der Waals surface area contributed by atoms with Gasteiger partial charge in [-0.1, -0.05) is 47.4 Å². The molecular weight excluding hydrogens is 452 g/mol. The number of fused-ring (bicyclic) bond motifs is 2. The number of amides is 1. The van der Waals surface area contributed by atoms with Gasteiger partial charge in [0.25, 0.3) is 0 Å². The lowest BCUT2D eigenvalue weighted by Crippen LogP contribution is -2.30. The predicted octanol–water partition coefficient (Wildman–Crippen LogP) is 4.66. The van der Waals surface area contributed by atoms with Crippen molar-refractivity contribution in [2.75, 3.05) is 22.5 Å². The molecule has 0 atom stereocenters. The van der Waals surface area contributed by atoms with Gasteiger partial charge in [-0.3, -0.25) is 4.79 Å². The number of benzene rings is 2. The molecule has 6 nitrogen and oxygen atoms in total. The molecule has 0 fully saturated rings. The Bertz CT molecular complexity index is 1310. The molecule has 3 heterocycles. The van der Waals surface area contributed by atoms with Crippen LogP contribution in [0.4, 0.5) is 19.6 Å². The lowest BCUT2D eigenvalue weighted by Gasteiger charge is -2.28. The smallest absolute Gasteiger partial charge is 0.234 e. The largest absolute Gasteiger partial charge is 0.343 e. The monoisotopic (exact) mass is 469 g/mol. The van der Waals surface area contributed by atoms with E-state index in [4.69, 9.17) is 0 Å². The molecule has 0 unspecified atom stereocenters. The molecule has 1 amide bonds. The Morgan fingerprint density at radius 2 is 2.00 bits per heavy atom. The number of carbonyl (C=O) groups excluding carboxylic acids is 1. The number of aromatic nitrogens is 3.